The lowest BCUT2D eigenvalue weighted by molar-refractivity contribution is -0.127. The smallest absolute Gasteiger partial charge is 0.243 e. The van der Waals surface area contributed by atoms with Crippen LogP contribution in [-0.2, 0) is 4.79 Å². The number of hydrogen-bond acceptors (Lipinski definition) is 3. The molecule has 0 aromatic heterocycles. The zero-order valence-electron chi connectivity index (χ0n) is 6.59. The Hall–Kier alpha value is -1.06. The van der Waals surface area contributed by atoms with Gasteiger partial charge in [-0.3, -0.25) is 4.79 Å². The second kappa shape index (κ2) is 4.78. The predicted octanol–water partition coefficient (Wildman–Crippen LogP) is -0.330. The molecule has 4 heteroatoms. The van der Waals surface area contributed by atoms with Crippen LogP contribution in [0.25, 0.3) is 0 Å². The highest BCUT2D eigenvalue weighted by Gasteiger charge is 1.99. The molecule has 58 valence electrons. The Morgan fingerprint density at radius 3 is 2.70 bits per heavy atom. The van der Waals surface area contributed by atoms with Crippen LogP contribution in [0.15, 0.2) is 5.10 Å². The van der Waals surface area contributed by atoms with Gasteiger partial charge in [-0.2, -0.15) is 5.10 Å². The van der Waals surface area contributed by atoms with Gasteiger partial charge in [0.1, 0.15) is 6.54 Å². The molecule has 0 heterocycles. The second-order valence-electron chi connectivity index (χ2n) is 2.01. The third-order valence-corrected chi connectivity index (χ3v) is 0.949. The van der Waals surface area contributed by atoms with Gasteiger partial charge < -0.3 is 10.3 Å². The first-order valence-electron chi connectivity index (χ1n) is 3.09. The van der Waals surface area contributed by atoms with Crippen LogP contribution in [0.3, 0.4) is 0 Å². The molecule has 0 bridgehead atoms. The molecule has 0 aliphatic rings. The quantitative estimate of drug-likeness (QED) is 0.434. The van der Waals surface area contributed by atoms with Gasteiger partial charge in [0.15, 0.2) is 0 Å². The summed E-state index contributed by atoms with van der Waals surface area (Å²) in [7, 11) is 3.42. The first kappa shape index (κ1) is 8.94. The highest BCUT2D eigenvalue weighted by molar-refractivity contribution is 5.77. The fourth-order valence-electron chi connectivity index (χ4n) is 0.363. The molecule has 0 aromatic rings. The molecule has 0 atom stereocenters. The summed E-state index contributed by atoms with van der Waals surface area (Å²) >= 11 is 0. The number of nitrogens with zero attached hydrogens (tertiary/aromatic N) is 2. The van der Waals surface area contributed by atoms with Crippen LogP contribution in [-0.4, -0.2) is 37.7 Å². The standard InChI is InChI=1S/C6H13N3O/c1-4-7-8-5-6(10)9(2)3/h4,8H,5H2,1-3H3/b7-4-. The zero-order chi connectivity index (χ0) is 7.98. The molecule has 0 radical (unpaired) electrons. The topological polar surface area (TPSA) is 44.7 Å². The molecule has 0 spiro atoms. The van der Waals surface area contributed by atoms with E-state index in [1.807, 2.05) is 0 Å². The summed E-state index contributed by atoms with van der Waals surface area (Å²) in [5.74, 6) is 0.0191. The lowest BCUT2D eigenvalue weighted by atomic mass is 10.6. The van der Waals surface area contributed by atoms with Crippen molar-refractivity contribution in [2.24, 2.45) is 5.10 Å². The van der Waals surface area contributed by atoms with Crippen molar-refractivity contribution < 1.29 is 4.79 Å². The summed E-state index contributed by atoms with van der Waals surface area (Å²) in [5.41, 5.74) is 2.59. The third kappa shape index (κ3) is 3.88. The molecule has 10 heavy (non-hydrogen) atoms. The number of carbonyl (C=O) groups excluding carboxylic acids is 1. The summed E-state index contributed by atoms with van der Waals surface area (Å²) in [6.45, 7) is 2.05. The van der Waals surface area contributed by atoms with Crippen LogP contribution in [0, 0.1) is 0 Å². The Morgan fingerprint density at radius 2 is 2.30 bits per heavy atom. The number of amides is 1. The minimum atomic E-state index is 0.0191. The van der Waals surface area contributed by atoms with Crippen molar-refractivity contribution in [3.63, 3.8) is 0 Å². The molecular formula is C6H13N3O. The van der Waals surface area contributed by atoms with Crippen LogP contribution in [0.5, 0.6) is 0 Å². The average Bonchev–Trinajstić information content (AvgIpc) is 1.88. The van der Waals surface area contributed by atoms with Crippen molar-refractivity contribution in [2.45, 2.75) is 6.92 Å². The van der Waals surface area contributed by atoms with Crippen molar-refractivity contribution in [1.29, 1.82) is 0 Å². The zero-order valence-corrected chi connectivity index (χ0v) is 6.59. The van der Waals surface area contributed by atoms with Gasteiger partial charge in [-0.1, -0.05) is 0 Å². The first-order valence-corrected chi connectivity index (χ1v) is 3.09. The SMILES string of the molecule is C/C=N\NCC(=O)N(C)C. The molecular weight excluding hydrogens is 130 g/mol. The fourth-order valence-corrected chi connectivity index (χ4v) is 0.363. The minimum absolute atomic E-state index is 0.0191. The number of nitrogens with one attached hydrogen (secondary N) is 1. The summed E-state index contributed by atoms with van der Waals surface area (Å²) < 4.78 is 0. The number of likely N-dealkylation sites (N-methyl/N-ethyl adjacent to an activating group) is 1. The first-order chi connectivity index (χ1) is 4.68. The van der Waals surface area contributed by atoms with E-state index in [1.165, 1.54) is 4.90 Å². The lowest BCUT2D eigenvalue weighted by Gasteiger charge is -2.08. The Kier molecular flexibility index (Phi) is 4.28. The van der Waals surface area contributed by atoms with Crippen molar-refractivity contribution in [3.8, 4) is 0 Å². The van der Waals surface area contributed by atoms with E-state index in [9.17, 15) is 4.79 Å². The van der Waals surface area contributed by atoms with E-state index >= 15 is 0 Å². The van der Waals surface area contributed by atoms with Crippen LogP contribution in [0.1, 0.15) is 6.92 Å². The molecule has 0 saturated carbocycles. The van der Waals surface area contributed by atoms with Crippen LogP contribution in [0.4, 0.5) is 0 Å². The van der Waals surface area contributed by atoms with Crippen molar-refractivity contribution >= 4 is 12.1 Å². The van der Waals surface area contributed by atoms with Gasteiger partial charge in [-0.15, -0.1) is 0 Å². The molecule has 0 saturated heterocycles. The maximum absolute atomic E-state index is 10.8. The van der Waals surface area contributed by atoms with E-state index in [0.29, 0.717) is 0 Å². The van der Waals surface area contributed by atoms with E-state index < -0.39 is 0 Å². The number of rotatable bonds is 3. The molecule has 0 fully saturated rings. The normalized spacial score (nSPS) is 9.90. The predicted molar refractivity (Wildman–Crippen MR) is 40.9 cm³/mol. The summed E-state index contributed by atoms with van der Waals surface area (Å²) in [6, 6.07) is 0. The van der Waals surface area contributed by atoms with Crippen molar-refractivity contribution in [2.75, 3.05) is 20.6 Å². The Bertz CT molecular complexity index is 131. The molecule has 0 aromatic carbocycles. The lowest BCUT2D eigenvalue weighted by Crippen LogP contribution is -2.30. The molecule has 0 aliphatic heterocycles. The summed E-state index contributed by atoms with van der Waals surface area (Å²) in [6.07, 6.45) is 1.60. The Balaban J connectivity index is 3.40. The Morgan fingerprint density at radius 1 is 1.70 bits per heavy atom. The van der Waals surface area contributed by atoms with Gasteiger partial charge in [-0.25, -0.2) is 0 Å². The largest absolute Gasteiger partial charge is 0.347 e. The monoisotopic (exact) mass is 143 g/mol. The van der Waals surface area contributed by atoms with E-state index in [1.54, 1.807) is 27.2 Å². The molecule has 4 nitrogen and oxygen atoms in total. The summed E-state index contributed by atoms with van der Waals surface area (Å²) in [5, 5.41) is 3.67. The number of carbonyl (C=O) groups is 1. The van der Waals surface area contributed by atoms with Crippen molar-refractivity contribution in [3.05, 3.63) is 0 Å². The number of hydrogen-bond donors (Lipinski definition) is 1. The van der Waals surface area contributed by atoms with Crippen molar-refractivity contribution in [1.82, 2.24) is 10.3 Å². The highest BCUT2D eigenvalue weighted by Crippen LogP contribution is 1.74. The van der Waals surface area contributed by atoms with Gasteiger partial charge in [0, 0.05) is 20.3 Å². The van der Waals surface area contributed by atoms with E-state index in [-0.39, 0.29) is 12.5 Å². The van der Waals surface area contributed by atoms with Gasteiger partial charge in [0.05, 0.1) is 0 Å². The van der Waals surface area contributed by atoms with E-state index in [4.69, 9.17) is 0 Å². The van der Waals surface area contributed by atoms with E-state index in [0.717, 1.165) is 0 Å². The third-order valence-electron chi connectivity index (χ3n) is 0.949. The highest BCUT2D eigenvalue weighted by atomic mass is 16.2. The molecule has 1 amide bonds. The maximum Gasteiger partial charge on any atom is 0.243 e. The minimum Gasteiger partial charge on any atom is -0.347 e. The fraction of sp³-hybridized carbons (Fsp3) is 0.667. The molecule has 0 aliphatic carbocycles. The van der Waals surface area contributed by atoms with E-state index in [2.05, 4.69) is 10.5 Å². The summed E-state index contributed by atoms with van der Waals surface area (Å²) in [4.78, 5) is 12.3. The van der Waals surface area contributed by atoms with Gasteiger partial charge in [-0.05, 0) is 6.92 Å². The number of hydrazone groups is 1. The second-order valence-corrected chi connectivity index (χ2v) is 2.01. The van der Waals surface area contributed by atoms with Crippen LogP contribution in [0.2, 0.25) is 0 Å². The maximum atomic E-state index is 10.8. The molecule has 1 N–H and O–H groups in total. The Labute approximate surface area is 60.9 Å². The average molecular weight is 143 g/mol. The van der Waals surface area contributed by atoms with Gasteiger partial charge in [0.25, 0.3) is 0 Å². The van der Waals surface area contributed by atoms with Gasteiger partial charge in [0.2, 0.25) is 5.91 Å². The molecule has 0 unspecified atom stereocenters. The van der Waals surface area contributed by atoms with Crippen LogP contribution < -0.4 is 5.43 Å². The van der Waals surface area contributed by atoms with Gasteiger partial charge >= 0.3 is 0 Å². The van der Waals surface area contributed by atoms with Crippen LogP contribution >= 0.6 is 0 Å². The molecule has 0 rings (SSSR count).